The number of carbonyl (C=O) groups is 1. The Hall–Kier alpha value is -2.05. The predicted molar refractivity (Wildman–Crippen MR) is 81.5 cm³/mol. The van der Waals surface area contributed by atoms with E-state index in [1.807, 2.05) is 0 Å². The highest BCUT2D eigenvalue weighted by Gasteiger charge is 2.37. The van der Waals surface area contributed by atoms with Crippen LogP contribution in [0.4, 0.5) is 4.39 Å². The van der Waals surface area contributed by atoms with Crippen LogP contribution in [-0.2, 0) is 11.2 Å². The number of primary amides is 1. The Labute approximate surface area is 136 Å². The Morgan fingerprint density at radius 3 is 2.96 bits per heavy atom. The van der Waals surface area contributed by atoms with Gasteiger partial charge in [0.15, 0.2) is 5.82 Å². The third kappa shape index (κ3) is 2.38. The molecule has 1 amide bonds. The third-order valence-electron chi connectivity index (χ3n) is 4.32. The molecule has 2 aromatic heterocycles. The zero-order valence-corrected chi connectivity index (χ0v) is 12.8. The first kappa shape index (κ1) is 14.5. The molecule has 1 saturated heterocycles. The molecule has 2 aliphatic rings. The van der Waals surface area contributed by atoms with Crippen LogP contribution in [0.2, 0.25) is 5.02 Å². The topological polar surface area (TPSA) is 78.1 Å². The summed E-state index contributed by atoms with van der Waals surface area (Å²) in [7, 11) is 0. The number of rotatable bonds is 2. The van der Waals surface area contributed by atoms with Gasteiger partial charge in [-0.2, -0.15) is 0 Å². The van der Waals surface area contributed by atoms with Crippen molar-refractivity contribution in [2.45, 2.75) is 31.5 Å². The van der Waals surface area contributed by atoms with Gasteiger partial charge >= 0.3 is 0 Å². The molecule has 0 radical (unpaired) electrons. The molecule has 2 aromatic rings. The van der Waals surface area contributed by atoms with Gasteiger partial charge in [0, 0.05) is 18.2 Å². The van der Waals surface area contributed by atoms with E-state index in [0.717, 1.165) is 18.4 Å². The summed E-state index contributed by atoms with van der Waals surface area (Å²) in [4.78, 5) is 20.0. The smallest absolute Gasteiger partial charge is 0.267 e. The molecule has 0 saturated carbocycles. The van der Waals surface area contributed by atoms with Crippen LogP contribution in [0.5, 0.6) is 0 Å². The van der Waals surface area contributed by atoms with Gasteiger partial charge in [-0.25, -0.2) is 9.37 Å². The molecule has 0 aliphatic carbocycles. The van der Waals surface area contributed by atoms with Gasteiger partial charge in [-0.1, -0.05) is 11.6 Å². The van der Waals surface area contributed by atoms with Gasteiger partial charge < -0.3 is 10.5 Å². The highest BCUT2D eigenvalue weighted by atomic mass is 35.5. The maximum absolute atomic E-state index is 14.3. The summed E-state index contributed by atoms with van der Waals surface area (Å²) in [5.41, 5.74) is 7.70. The maximum Gasteiger partial charge on any atom is 0.267 e. The van der Waals surface area contributed by atoms with Crippen molar-refractivity contribution in [2.75, 3.05) is 0 Å². The van der Waals surface area contributed by atoms with E-state index in [-0.39, 0.29) is 28.6 Å². The number of ether oxygens (including phenoxy) is 1. The van der Waals surface area contributed by atoms with Crippen LogP contribution in [0, 0.1) is 5.82 Å². The predicted octanol–water partition coefficient (Wildman–Crippen LogP) is 2.81. The average molecular weight is 334 g/mol. The summed E-state index contributed by atoms with van der Waals surface area (Å²) >= 11 is 5.78. The minimum absolute atomic E-state index is 0.0869. The first-order valence-electron chi connectivity index (χ1n) is 7.33. The zero-order valence-electron chi connectivity index (χ0n) is 12.1. The largest absolute Gasteiger partial charge is 0.368 e. The highest BCUT2D eigenvalue weighted by molar-refractivity contribution is 6.30. The molecule has 4 rings (SSSR count). The summed E-state index contributed by atoms with van der Waals surface area (Å²) in [5, 5.41) is 0.215. The first-order chi connectivity index (χ1) is 11.0. The number of hydrogen-bond acceptors (Lipinski definition) is 4. The SMILES string of the molecule is NC(=O)c1cc(-c2ncc(Cl)cc2F)c2c(n1)[C@H]1CC[C@H](C2)O1. The van der Waals surface area contributed by atoms with Crippen molar-refractivity contribution in [1.82, 2.24) is 9.97 Å². The van der Waals surface area contributed by atoms with E-state index in [2.05, 4.69) is 9.97 Å². The Kier molecular flexibility index (Phi) is 3.32. The van der Waals surface area contributed by atoms with Crippen molar-refractivity contribution in [3.05, 3.63) is 46.1 Å². The maximum atomic E-state index is 14.3. The molecule has 0 aromatic carbocycles. The minimum Gasteiger partial charge on any atom is -0.368 e. The van der Waals surface area contributed by atoms with Gasteiger partial charge in [0.05, 0.1) is 16.8 Å². The van der Waals surface area contributed by atoms with Crippen LogP contribution in [0.25, 0.3) is 11.3 Å². The number of hydrogen-bond donors (Lipinski definition) is 1. The number of fused-ring (bicyclic) bond motifs is 4. The second-order valence-corrected chi connectivity index (χ2v) is 6.23. The molecule has 2 atom stereocenters. The first-order valence-corrected chi connectivity index (χ1v) is 7.71. The van der Waals surface area contributed by atoms with Crippen molar-refractivity contribution < 1.29 is 13.9 Å². The molecule has 118 valence electrons. The lowest BCUT2D eigenvalue weighted by Crippen LogP contribution is -2.23. The normalized spacial score (nSPS) is 22.0. The molecule has 0 spiro atoms. The van der Waals surface area contributed by atoms with Crippen LogP contribution in [-0.4, -0.2) is 22.0 Å². The van der Waals surface area contributed by atoms with Gasteiger partial charge in [0.25, 0.3) is 5.91 Å². The molecule has 0 unspecified atom stereocenters. The molecule has 1 fully saturated rings. The van der Waals surface area contributed by atoms with E-state index in [9.17, 15) is 9.18 Å². The lowest BCUT2D eigenvalue weighted by Gasteiger charge is -2.25. The number of halogens is 2. The Balaban J connectivity index is 1.97. The lowest BCUT2D eigenvalue weighted by molar-refractivity contribution is 0.0295. The second kappa shape index (κ2) is 5.25. The summed E-state index contributed by atoms with van der Waals surface area (Å²) in [6, 6.07) is 2.71. The van der Waals surface area contributed by atoms with E-state index >= 15 is 0 Å². The number of carbonyl (C=O) groups excluding carboxylic acids is 1. The number of nitrogens with zero attached hydrogens (tertiary/aromatic N) is 2. The fourth-order valence-corrected chi connectivity index (χ4v) is 3.45. The van der Waals surface area contributed by atoms with E-state index in [4.69, 9.17) is 22.1 Å². The van der Waals surface area contributed by atoms with Crippen LogP contribution in [0.1, 0.15) is 40.7 Å². The van der Waals surface area contributed by atoms with E-state index in [1.165, 1.54) is 18.3 Å². The molecule has 2 N–H and O–H groups in total. The van der Waals surface area contributed by atoms with E-state index < -0.39 is 11.7 Å². The van der Waals surface area contributed by atoms with Gasteiger partial charge in [-0.15, -0.1) is 0 Å². The van der Waals surface area contributed by atoms with Crippen LogP contribution >= 0.6 is 11.6 Å². The minimum atomic E-state index is -0.663. The van der Waals surface area contributed by atoms with Crippen molar-refractivity contribution >= 4 is 17.5 Å². The van der Waals surface area contributed by atoms with E-state index in [0.29, 0.717) is 17.7 Å². The Morgan fingerprint density at radius 2 is 2.22 bits per heavy atom. The fraction of sp³-hybridized carbons (Fsp3) is 0.312. The van der Waals surface area contributed by atoms with E-state index in [1.54, 1.807) is 0 Å². The van der Waals surface area contributed by atoms with Crippen molar-refractivity contribution in [3.8, 4) is 11.3 Å². The standard InChI is InChI=1S/C16H13ClFN3O2/c17-7-3-11(18)14(20-6-7)10-5-12(16(19)22)21-15-9(10)4-8-1-2-13(15)23-8/h3,5-6,8,13H,1-2,4H2,(H2,19,22)/t8-,13-/m1/s1. The highest BCUT2D eigenvalue weighted by Crippen LogP contribution is 2.43. The quantitative estimate of drug-likeness (QED) is 0.916. The van der Waals surface area contributed by atoms with Crippen LogP contribution in [0.15, 0.2) is 18.3 Å². The van der Waals surface area contributed by atoms with Crippen molar-refractivity contribution in [1.29, 1.82) is 0 Å². The molecular formula is C16H13ClFN3O2. The molecule has 2 bridgehead atoms. The zero-order chi connectivity index (χ0) is 16.1. The number of pyridine rings is 2. The molecule has 5 nitrogen and oxygen atoms in total. The fourth-order valence-electron chi connectivity index (χ4n) is 3.31. The summed E-state index contributed by atoms with van der Waals surface area (Å²) < 4.78 is 20.2. The molecule has 4 heterocycles. The number of nitrogens with two attached hydrogens (primary N) is 1. The van der Waals surface area contributed by atoms with Gasteiger partial charge in [0.2, 0.25) is 0 Å². The third-order valence-corrected chi connectivity index (χ3v) is 4.52. The molecule has 7 heteroatoms. The number of aromatic nitrogens is 2. The summed E-state index contributed by atoms with van der Waals surface area (Å²) in [6.45, 7) is 0. The second-order valence-electron chi connectivity index (χ2n) is 5.80. The molecule has 2 aliphatic heterocycles. The number of amides is 1. The monoisotopic (exact) mass is 333 g/mol. The average Bonchev–Trinajstić information content (AvgIpc) is 2.89. The van der Waals surface area contributed by atoms with Gasteiger partial charge in [-0.3, -0.25) is 9.78 Å². The van der Waals surface area contributed by atoms with Gasteiger partial charge in [0.1, 0.15) is 17.5 Å². The van der Waals surface area contributed by atoms with Crippen LogP contribution in [0.3, 0.4) is 0 Å². The lowest BCUT2D eigenvalue weighted by atomic mass is 9.94. The van der Waals surface area contributed by atoms with Crippen molar-refractivity contribution in [3.63, 3.8) is 0 Å². The summed E-state index contributed by atoms with van der Waals surface area (Å²) in [5.74, 6) is -1.20. The Bertz CT molecular complexity index is 827. The van der Waals surface area contributed by atoms with Crippen LogP contribution < -0.4 is 5.73 Å². The molecular weight excluding hydrogens is 321 g/mol. The van der Waals surface area contributed by atoms with Crippen molar-refractivity contribution in [2.24, 2.45) is 5.73 Å². The Morgan fingerprint density at radius 1 is 1.39 bits per heavy atom. The molecule has 23 heavy (non-hydrogen) atoms. The summed E-state index contributed by atoms with van der Waals surface area (Å²) in [6.07, 6.45) is 3.69. The van der Waals surface area contributed by atoms with Gasteiger partial charge in [-0.05, 0) is 30.5 Å².